The number of fused-ring (bicyclic) bond motifs is 3. The van der Waals surface area contributed by atoms with Crippen LogP contribution in [0.2, 0.25) is 0 Å². The van der Waals surface area contributed by atoms with Crippen molar-refractivity contribution in [1.82, 2.24) is 0 Å². The largest absolute Gasteiger partial charge is 0.472 e. The molecule has 0 unspecified atom stereocenters. The Morgan fingerprint density at radius 1 is 1.26 bits per heavy atom. The maximum Gasteiger partial charge on any atom is 0.309 e. The molecule has 2 aliphatic heterocycles. The Balaban J connectivity index is 1.67. The van der Waals surface area contributed by atoms with Crippen molar-refractivity contribution < 1.29 is 38.1 Å². The first kappa shape index (κ1) is 24.3. The van der Waals surface area contributed by atoms with Crippen LogP contribution in [0.15, 0.2) is 35.2 Å². The zero-order valence-corrected chi connectivity index (χ0v) is 21.0. The summed E-state index contributed by atoms with van der Waals surface area (Å²) in [7, 11) is 1.33. The van der Waals surface area contributed by atoms with E-state index in [1.54, 1.807) is 6.07 Å². The van der Waals surface area contributed by atoms with Crippen molar-refractivity contribution in [2.45, 2.75) is 77.3 Å². The molecule has 1 aromatic heterocycles. The Kier molecular flexibility index (Phi) is 5.22. The van der Waals surface area contributed by atoms with Crippen LogP contribution < -0.4 is 0 Å². The van der Waals surface area contributed by atoms with Gasteiger partial charge in [0.05, 0.1) is 38.3 Å². The van der Waals surface area contributed by atoms with Crippen molar-refractivity contribution in [3.05, 3.63) is 36.3 Å². The highest BCUT2D eigenvalue weighted by atomic mass is 16.6. The van der Waals surface area contributed by atoms with Crippen molar-refractivity contribution in [2.24, 2.45) is 28.1 Å². The molecule has 2 saturated heterocycles. The van der Waals surface area contributed by atoms with Gasteiger partial charge in [0.1, 0.15) is 17.5 Å². The van der Waals surface area contributed by atoms with Gasteiger partial charge in [-0.15, -0.1) is 0 Å². The molecular formula is C27H34O8. The number of ether oxygens (including phenoxy) is 3. The number of Topliss-reactive ketones (excluding diaryl/α,β-unsaturated/α-hetero) is 1. The third kappa shape index (κ3) is 2.96. The quantitative estimate of drug-likeness (QED) is 0.510. The van der Waals surface area contributed by atoms with E-state index in [1.165, 1.54) is 19.6 Å². The average molecular weight is 487 g/mol. The van der Waals surface area contributed by atoms with E-state index in [0.717, 1.165) is 0 Å². The van der Waals surface area contributed by atoms with E-state index in [1.807, 2.05) is 27.7 Å². The van der Waals surface area contributed by atoms with Gasteiger partial charge in [-0.1, -0.05) is 34.3 Å². The standard InChI is InChI=1S/C27H34O8/c1-14-22-16(28)11-25(4)23(15-7-8-33-13-15)34-21(31)12-27(14,25)35-19-10-18(29)24(2,3)17(26(19,22)5)9-20(30)32-6/h7-8,13,16-17,19,22-23,28H,1,9-12H2,2-6H3/t16-,17-,19-,22-,23+,25+,26-,27-/m0/s1. The second-order valence-electron chi connectivity index (χ2n) is 11.8. The van der Waals surface area contributed by atoms with Crippen molar-refractivity contribution in [3.8, 4) is 0 Å². The number of esters is 2. The molecule has 2 bridgehead atoms. The predicted molar refractivity (Wildman–Crippen MR) is 123 cm³/mol. The normalized spacial score (nSPS) is 44.2. The number of aliphatic hydroxyl groups is 1. The Morgan fingerprint density at radius 2 is 1.97 bits per heavy atom. The number of rotatable bonds is 3. The summed E-state index contributed by atoms with van der Waals surface area (Å²) in [6.07, 6.45) is 1.28. The number of furan rings is 1. The van der Waals surface area contributed by atoms with Crippen LogP contribution in [0.25, 0.3) is 0 Å². The lowest BCUT2D eigenvalue weighted by Gasteiger charge is -2.71. The van der Waals surface area contributed by atoms with Gasteiger partial charge in [0, 0.05) is 40.6 Å². The lowest BCUT2D eigenvalue weighted by atomic mass is 9.41. The van der Waals surface area contributed by atoms with Gasteiger partial charge in [-0.3, -0.25) is 14.4 Å². The van der Waals surface area contributed by atoms with Crippen LogP contribution in [0.5, 0.6) is 0 Å². The predicted octanol–water partition coefficient (Wildman–Crippen LogP) is 3.53. The van der Waals surface area contributed by atoms with Crippen LogP contribution in [-0.2, 0) is 28.6 Å². The minimum Gasteiger partial charge on any atom is -0.472 e. The van der Waals surface area contributed by atoms with Gasteiger partial charge in [0.25, 0.3) is 0 Å². The lowest BCUT2D eigenvalue weighted by molar-refractivity contribution is -0.313. The van der Waals surface area contributed by atoms with Crippen molar-refractivity contribution in [2.75, 3.05) is 7.11 Å². The van der Waals surface area contributed by atoms with Gasteiger partial charge < -0.3 is 23.7 Å². The molecule has 1 aromatic rings. The van der Waals surface area contributed by atoms with Crippen LogP contribution in [0.3, 0.4) is 0 Å². The molecule has 2 aliphatic carbocycles. The van der Waals surface area contributed by atoms with Crippen LogP contribution in [-0.4, -0.2) is 47.7 Å². The number of carbonyl (C=O) groups excluding carboxylic acids is 3. The number of methoxy groups -OCH3 is 1. The molecule has 3 heterocycles. The molecule has 35 heavy (non-hydrogen) atoms. The summed E-state index contributed by atoms with van der Waals surface area (Å²) in [5, 5.41) is 11.7. The number of aliphatic hydroxyl groups excluding tert-OH is 1. The fraction of sp³-hybridized carbons (Fsp3) is 0.667. The Morgan fingerprint density at radius 3 is 2.60 bits per heavy atom. The third-order valence-electron chi connectivity index (χ3n) is 9.92. The zero-order chi connectivity index (χ0) is 25.6. The first-order valence-corrected chi connectivity index (χ1v) is 12.2. The van der Waals surface area contributed by atoms with E-state index in [9.17, 15) is 19.5 Å². The molecule has 0 aromatic carbocycles. The first-order chi connectivity index (χ1) is 16.3. The van der Waals surface area contributed by atoms with E-state index in [4.69, 9.17) is 18.6 Å². The highest BCUT2D eigenvalue weighted by molar-refractivity contribution is 5.87. The molecule has 2 saturated carbocycles. The third-order valence-corrected chi connectivity index (χ3v) is 9.92. The van der Waals surface area contributed by atoms with Crippen LogP contribution in [0, 0.1) is 28.1 Å². The van der Waals surface area contributed by atoms with Crippen molar-refractivity contribution >= 4 is 17.7 Å². The fourth-order valence-corrected chi connectivity index (χ4v) is 8.01. The van der Waals surface area contributed by atoms with Crippen LogP contribution >= 0.6 is 0 Å². The number of hydrogen-bond acceptors (Lipinski definition) is 8. The molecule has 1 N–H and O–H groups in total. The second kappa shape index (κ2) is 7.53. The number of cyclic esters (lactones) is 1. The lowest BCUT2D eigenvalue weighted by Crippen LogP contribution is -2.75. The van der Waals surface area contributed by atoms with Crippen molar-refractivity contribution in [3.63, 3.8) is 0 Å². The summed E-state index contributed by atoms with van der Waals surface area (Å²) in [6, 6.07) is 1.75. The Bertz CT molecular complexity index is 1090. The molecule has 1 spiro atoms. The number of ketones is 1. The minimum atomic E-state index is -1.13. The van der Waals surface area contributed by atoms with E-state index < -0.39 is 63.9 Å². The van der Waals surface area contributed by atoms with Crippen LogP contribution in [0.1, 0.15) is 65.0 Å². The van der Waals surface area contributed by atoms with Gasteiger partial charge in [0.2, 0.25) is 0 Å². The van der Waals surface area contributed by atoms with E-state index in [0.29, 0.717) is 17.6 Å². The summed E-state index contributed by atoms with van der Waals surface area (Å²) in [5.41, 5.74) is -2.27. The summed E-state index contributed by atoms with van der Waals surface area (Å²) in [6.45, 7) is 12.1. The molecule has 8 atom stereocenters. The molecule has 4 fully saturated rings. The second-order valence-corrected chi connectivity index (χ2v) is 11.8. The van der Waals surface area contributed by atoms with Gasteiger partial charge >= 0.3 is 11.9 Å². The van der Waals surface area contributed by atoms with Gasteiger partial charge in [-0.25, -0.2) is 0 Å². The molecular weight excluding hydrogens is 452 g/mol. The van der Waals surface area contributed by atoms with E-state index >= 15 is 0 Å². The average Bonchev–Trinajstić information content (AvgIpc) is 3.30. The van der Waals surface area contributed by atoms with Gasteiger partial charge in [-0.2, -0.15) is 0 Å². The summed E-state index contributed by atoms with van der Waals surface area (Å²) in [5.74, 6) is -1.79. The molecule has 190 valence electrons. The Hall–Kier alpha value is -2.45. The fourth-order valence-electron chi connectivity index (χ4n) is 8.01. The van der Waals surface area contributed by atoms with Crippen LogP contribution in [0.4, 0.5) is 0 Å². The van der Waals surface area contributed by atoms with E-state index in [-0.39, 0.29) is 25.0 Å². The van der Waals surface area contributed by atoms with E-state index in [2.05, 4.69) is 6.58 Å². The maximum atomic E-state index is 13.4. The number of carbonyl (C=O) groups is 3. The summed E-state index contributed by atoms with van der Waals surface area (Å²) in [4.78, 5) is 38.9. The topological polar surface area (TPSA) is 112 Å². The monoisotopic (exact) mass is 486 g/mol. The van der Waals surface area contributed by atoms with Gasteiger partial charge in [-0.05, 0) is 24.0 Å². The summed E-state index contributed by atoms with van der Waals surface area (Å²) < 4.78 is 23.0. The minimum absolute atomic E-state index is 0.0168. The molecule has 8 heteroatoms. The molecule has 8 nitrogen and oxygen atoms in total. The SMILES string of the molecule is C=C1[C@H]2[C@@H](O)C[C@]3(C)[C@@H](c4ccoc4)OC(=O)C[C@]13O[C@H]1CC(=O)C(C)(C)[C@H](CC(=O)OC)[C@@]12C. The zero-order valence-electron chi connectivity index (χ0n) is 21.0. The smallest absolute Gasteiger partial charge is 0.309 e. The van der Waals surface area contributed by atoms with Gasteiger partial charge in [0.15, 0.2) is 0 Å². The van der Waals surface area contributed by atoms with Crippen molar-refractivity contribution in [1.29, 1.82) is 0 Å². The molecule has 0 amide bonds. The first-order valence-electron chi connectivity index (χ1n) is 12.2. The number of hydrogen-bond donors (Lipinski definition) is 1. The highest BCUT2D eigenvalue weighted by Gasteiger charge is 2.75. The summed E-state index contributed by atoms with van der Waals surface area (Å²) >= 11 is 0. The maximum absolute atomic E-state index is 13.4. The Labute approximate surface area is 205 Å². The molecule has 4 aliphatic rings. The molecule has 5 rings (SSSR count). The highest BCUT2D eigenvalue weighted by Crippen LogP contribution is 2.71. The molecule has 0 radical (unpaired) electrons.